The third-order valence-electron chi connectivity index (χ3n) is 2.86. The second kappa shape index (κ2) is 2.58. The van der Waals surface area contributed by atoms with Crippen molar-refractivity contribution < 1.29 is 0 Å². The minimum Gasteiger partial charge on any atom is -0.294 e. The van der Waals surface area contributed by atoms with Gasteiger partial charge in [0.2, 0.25) is 0 Å². The van der Waals surface area contributed by atoms with E-state index < -0.39 is 0 Å². The highest BCUT2D eigenvalue weighted by atomic mass is 32.1. The Morgan fingerprint density at radius 3 is 3.46 bits per heavy atom. The fraction of sp³-hybridized carbons (Fsp3) is 0.500. The van der Waals surface area contributed by atoms with Gasteiger partial charge < -0.3 is 0 Å². The summed E-state index contributed by atoms with van der Waals surface area (Å²) in [6.07, 6.45) is 5.82. The van der Waals surface area contributed by atoms with Crippen LogP contribution in [0.5, 0.6) is 0 Å². The molecule has 2 aromatic rings. The maximum atomic E-state index is 4.63. The van der Waals surface area contributed by atoms with Gasteiger partial charge in [-0.25, -0.2) is 4.98 Å². The van der Waals surface area contributed by atoms with Crippen LogP contribution in [0.25, 0.3) is 4.96 Å². The number of rotatable bonds is 0. The summed E-state index contributed by atoms with van der Waals surface area (Å²) in [5.74, 6) is 0.826. The van der Waals surface area contributed by atoms with Crippen molar-refractivity contribution in [3.8, 4) is 0 Å². The van der Waals surface area contributed by atoms with Crippen molar-refractivity contribution in [3.05, 3.63) is 23.0 Å². The zero-order valence-electron chi connectivity index (χ0n) is 7.66. The van der Waals surface area contributed by atoms with Gasteiger partial charge in [-0.3, -0.25) is 4.40 Å². The van der Waals surface area contributed by atoms with E-state index in [2.05, 4.69) is 27.9 Å². The molecule has 0 bridgehead atoms. The van der Waals surface area contributed by atoms with Crippen molar-refractivity contribution in [1.82, 2.24) is 9.38 Å². The lowest BCUT2D eigenvalue weighted by atomic mass is 9.91. The third-order valence-corrected chi connectivity index (χ3v) is 3.62. The molecule has 0 aliphatic heterocycles. The van der Waals surface area contributed by atoms with Gasteiger partial charge in [0.25, 0.3) is 0 Å². The zero-order chi connectivity index (χ0) is 8.84. The Morgan fingerprint density at radius 1 is 1.62 bits per heavy atom. The second-order valence-corrected chi connectivity index (χ2v) is 4.78. The first kappa shape index (κ1) is 7.56. The van der Waals surface area contributed by atoms with Gasteiger partial charge >= 0.3 is 0 Å². The summed E-state index contributed by atoms with van der Waals surface area (Å²) in [6, 6.07) is 0. The second-order valence-electron chi connectivity index (χ2n) is 3.91. The summed E-state index contributed by atoms with van der Waals surface area (Å²) >= 11 is 1.73. The molecule has 2 heterocycles. The molecule has 1 aliphatic carbocycles. The molecule has 0 aromatic carbocycles. The fourth-order valence-electron chi connectivity index (χ4n) is 2.11. The maximum Gasteiger partial charge on any atom is 0.194 e. The first-order chi connectivity index (χ1) is 6.34. The standard InChI is InChI=1S/C10H12N2S/c1-7-2-3-8-9(6-7)12-4-5-13-10(12)11-8/h4-5,7H,2-3,6H2,1H3. The molecule has 2 aromatic heterocycles. The van der Waals surface area contributed by atoms with Crippen LogP contribution in [0.4, 0.5) is 0 Å². The van der Waals surface area contributed by atoms with Crippen molar-refractivity contribution in [2.24, 2.45) is 5.92 Å². The number of aryl methyl sites for hydroxylation is 1. The van der Waals surface area contributed by atoms with Crippen LogP contribution < -0.4 is 0 Å². The van der Waals surface area contributed by atoms with Crippen LogP contribution in [0.15, 0.2) is 11.6 Å². The van der Waals surface area contributed by atoms with Crippen molar-refractivity contribution in [3.63, 3.8) is 0 Å². The Hall–Kier alpha value is -0.830. The number of fused-ring (bicyclic) bond motifs is 3. The zero-order valence-corrected chi connectivity index (χ0v) is 8.47. The number of thiazole rings is 1. The van der Waals surface area contributed by atoms with Crippen molar-refractivity contribution in [2.45, 2.75) is 26.2 Å². The average Bonchev–Trinajstić information content (AvgIpc) is 2.64. The topological polar surface area (TPSA) is 17.3 Å². The van der Waals surface area contributed by atoms with Crippen molar-refractivity contribution in [1.29, 1.82) is 0 Å². The summed E-state index contributed by atoms with van der Waals surface area (Å²) in [4.78, 5) is 5.80. The predicted octanol–water partition coefficient (Wildman–Crippen LogP) is 2.52. The molecule has 1 unspecified atom stereocenters. The van der Waals surface area contributed by atoms with Gasteiger partial charge in [0.1, 0.15) is 0 Å². The third kappa shape index (κ3) is 1.03. The quantitative estimate of drug-likeness (QED) is 0.627. The molecule has 0 N–H and O–H groups in total. The van der Waals surface area contributed by atoms with E-state index in [9.17, 15) is 0 Å². The van der Waals surface area contributed by atoms with E-state index in [-0.39, 0.29) is 0 Å². The molecular weight excluding hydrogens is 180 g/mol. The first-order valence-corrected chi connectivity index (χ1v) is 5.66. The molecule has 0 saturated carbocycles. The number of aromatic nitrogens is 2. The number of hydrogen-bond donors (Lipinski definition) is 0. The Kier molecular flexibility index (Phi) is 1.50. The van der Waals surface area contributed by atoms with Crippen LogP contribution >= 0.6 is 11.3 Å². The first-order valence-electron chi connectivity index (χ1n) is 4.78. The summed E-state index contributed by atoms with van der Waals surface area (Å²) in [5, 5.41) is 2.11. The summed E-state index contributed by atoms with van der Waals surface area (Å²) in [7, 11) is 0. The molecule has 2 nitrogen and oxygen atoms in total. The summed E-state index contributed by atoms with van der Waals surface area (Å²) < 4.78 is 2.26. The van der Waals surface area contributed by atoms with Crippen molar-refractivity contribution >= 4 is 16.3 Å². The highest BCUT2D eigenvalue weighted by Gasteiger charge is 2.20. The van der Waals surface area contributed by atoms with E-state index in [0.29, 0.717) is 0 Å². The Bertz CT molecular complexity index is 441. The molecule has 68 valence electrons. The summed E-state index contributed by atoms with van der Waals surface area (Å²) in [6.45, 7) is 2.33. The van der Waals surface area contributed by atoms with Gasteiger partial charge in [0, 0.05) is 17.3 Å². The van der Waals surface area contributed by atoms with E-state index >= 15 is 0 Å². The van der Waals surface area contributed by atoms with Gasteiger partial charge in [0.05, 0.1) is 5.69 Å². The maximum absolute atomic E-state index is 4.63. The van der Waals surface area contributed by atoms with E-state index in [0.717, 1.165) is 5.92 Å². The van der Waals surface area contributed by atoms with Crippen LogP contribution in [0.1, 0.15) is 24.7 Å². The monoisotopic (exact) mass is 192 g/mol. The van der Waals surface area contributed by atoms with Crippen LogP contribution in [-0.2, 0) is 12.8 Å². The minimum atomic E-state index is 0.826. The Morgan fingerprint density at radius 2 is 2.54 bits per heavy atom. The number of hydrogen-bond acceptors (Lipinski definition) is 2. The van der Waals surface area contributed by atoms with Crippen LogP contribution in [-0.4, -0.2) is 9.38 Å². The van der Waals surface area contributed by atoms with Gasteiger partial charge in [0.15, 0.2) is 4.96 Å². The van der Waals surface area contributed by atoms with E-state index in [1.54, 1.807) is 11.3 Å². The lowest BCUT2D eigenvalue weighted by Gasteiger charge is -2.16. The Balaban J connectivity index is 2.24. The van der Waals surface area contributed by atoms with Crippen LogP contribution in [0.2, 0.25) is 0 Å². The molecule has 1 aliphatic rings. The number of imidazole rings is 1. The van der Waals surface area contributed by atoms with E-state index in [1.165, 1.54) is 35.6 Å². The molecule has 0 saturated heterocycles. The van der Waals surface area contributed by atoms with Crippen LogP contribution in [0, 0.1) is 5.92 Å². The van der Waals surface area contributed by atoms with Crippen LogP contribution in [0.3, 0.4) is 0 Å². The van der Waals surface area contributed by atoms with Gasteiger partial charge in [-0.05, 0) is 25.2 Å². The van der Waals surface area contributed by atoms with Gasteiger partial charge in [-0.1, -0.05) is 6.92 Å². The average molecular weight is 192 g/mol. The van der Waals surface area contributed by atoms with E-state index in [4.69, 9.17) is 0 Å². The lowest BCUT2D eigenvalue weighted by Crippen LogP contribution is -2.11. The smallest absolute Gasteiger partial charge is 0.194 e. The highest BCUT2D eigenvalue weighted by Crippen LogP contribution is 2.27. The molecule has 3 heteroatoms. The van der Waals surface area contributed by atoms with Gasteiger partial charge in [-0.15, -0.1) is 11.3 Å². The molecule has 0 amide bonds. The fourth-order valence-corrected chi connectivity index (χ4v) is 2.86. The highest BCUT2D eigenvalue weighted by molar-refractivity contribution is 7.15. The van der Waals surface area contributed by atoms with E-state index in [1.807, 2.05) is 0 Å². The minimum absolute atomic E-state index is 0.826. The predicted molar refractivity (Wildman–Crippen MR) is 54.3 cm³/mol. The molecule has 0 radical (unpaired) electrons. The molecule has 1 atom stereocenters. The van der Waals surface area contributed by atoms with Crippen molar-refractivity contribution in [2.75, 3.05) is 0 Å². The molecule has 13 heavy (non-hydrogen) atoms. The molecule has 0 fully saturated rings. The normalized spacial score (nSPS) is 22.1. The lowest BCUT2D eigenvalue weighted by molar-refractivity contribution is 0.488. The molecule has 3 rings (SSSR count). The SMILES string of the molecule is CC1CCc2nc3sccn3c2C1. The molecule has 0 spiro atoms. The number of nitrogens with zero attached hydrogens (tertiary/aromatic N) is 2. The Labute approximate surface area is 81.2 Å². The largest absolute Gasteiger partial charge is 0.294 e. The van der Waals surface area contributed by atoms with Gasteiger partial charge in [-0.2, -0.15) is 0 Å². The summed E-state index contributed by atoms with van der Waals surface area (Å²) in [5.41, 5.74) is 2.79. The molecular formula is C10H12N2S.